The largest absolute Gasteiger partial charge is 0.462 e. The van der Waals surface area contributed by atoms with Gasteiger partial charge in [0, 0.05) is 13.6 Å². The highest BCUT2D eigenvalue weighted by molar-refractivity contribution is 5.99. The minimum Gasteiger partial charge on any atom is -0.462 e. The molecule has 0 aliphatic rings. The Hall–Kier alpha value is -1.75. The molecule has 1 rings (SSSR count). The lowest BCUT2D eigenvalue weighted by Crippen LogP contribution is -2.25. The first-order valence-electron chi connectivity index (χ1n) is 5.49. The molecule has 0 heterocycles. The molecule has 0 atom stereocenters. The van der Waals surface area contributed by atoms with Crippen LogP contribution in [-0.4, -0.2) is 37.9 Å². The maximum absolute atomic E-state index is 11.8. The van der Waals surface area contributed by atoms with Crippen LogP contribution in [0, 0.1) is 0 Å². The van der Waals surface area contributed by atoms with Crippen molar-refractivity contribution in [3.63, 3.8) is 0 Å². The second-order valence-electron chi connectivity index (χ2n) is 3.61. The minimum atomic E-state index is -0.403. The van der Waals surface area contributed by atoms with Crippen LogP contribution in [0.1, 0.15) is 17.3 Å². The quantitative estimate of drug-likeness (QED) is 0.588. The highest BCUT2D eigenvalue weighted by Crippen LogP contribution is 2.27. The number of rotatable bonds is 5. The number of anilines is 2. The molecule has 0 radical (unpaired) electrons. The fourth-order valence-corrected chi connectivity index (χ4v) is 1.62. The van der Waals surface area contributed by atoms with Crippen molar-refractivity contribution in [2.45, 2.75) is 6.92 Å². The molecule has 0 amide bonds. The number of aliphatic hydroxyl groups excluding tert-OH is 1. The Kier molecular flexibility index (Phi) is 4.78. The van der Waals surface area contributed by atoms with E-state index in [0.29, 0.717) is 30.1 Å². The van der Waals surface area contributed by atoms with E-state index in [9.17, 15) is 4.79 Å². The lowest BCUT2D eigenvalue weighted by atomic mass is 10.1. The molecule has 0 aliphatic carbocycles. The van der Waals surface area contributed by atoms with Crippen LogP contribution in [0.3, 0.4) is 0 Å². The van der Waals surface area contributed by atoms with Gasteiger partial charge in [0.05, 0.1) is 30.2 Å². The number of nitrogen functional groups attached to an aromatic ring is 1. The summed E-state index contributed by atoms with van der Waals surface area (Å²) in [5.41, 5.74) is 7.36. The molecule has 0 aromatic heterocycles. The summed E-state index contributed by atoms with van der Waals surface area (Å²) in [5.74, 6) is -0.403. The van der Waals surface area contributed by atoms with Crippen molar-refractivity contribution in [1.29, 1.82) is 0 Å². The topological polar surface area (TPSA) is 75.8 Å². The molecular weight excluding hydrogens is 220 g/mol. The van der Waals surface area contributed by atoms with Crippen LogP contribution in [0.4, 0.5) is 11.4 Å². The lowest BCUT2D eigenvalue weighted by Gasteiger charge is -2.22. The highest BCUT2D eigenvalue weighted by Gasteiger charge is 2.17. The fourth-order valence-electron chi connectivity index (χ4n) is 1.62. The van der Waals surface area contributed by atoms with Crippen molar-refractivity contribution in [3.05, 3.63) is 23.8 Å². The molecule has 1 aromatic carbocycles. The van der Waals surface area contributed by atoms with Crippen molar-refractivity contribution >= 4 is 17.3 Å². The Morgan fingerprint density at radius 1 is 1.53 bits per heavy atom. The molecule has 1 aromatic rings. The third-order valence-electron chi connectivity index (χ3n) is 2.38. The monoisotopic (exact) mass is 238 g/mol. The molecule has 0 spiro atoms. The van der Waals surface area contributed by atoms with E-state index in [1.54, 1.807) is 37.1 Å². The van der Waals surface area contributed by atoms with E-state index >= 15 is 0 Å². The molecule has 5 nitrogen and oxygen atoms in total. The summed E-state index contributed by atoms with van der Waals surface area (Å²) in [6.07, 6.45) is 0. The normalized spacial score (nSPS) is 10.1. The average molecular weight is 238 g/mol. The van der Waals surface area contributed by atoms with Gasteiger partial charge in [0.25, 0.3) is 0 Å². The van der Waals surface area contributed by atoms with Crippen LogP contribution in [0.15, 0.2) is 18.2 Å². The number of hydrogen-bond donors (Lipinski definition) is 2. The first-order chi connectivity index (χ1) is 8.11. The second kappa shape index (κ2) is 6.10. The number of nitrogens with zero attached hydrogens (tertiary/aromatic N) is 1. The third-order valence-corrected chi connectivity index (χ3v) is 2.38. The molecule has 0 saturated heterocycles. The Labute approximate surface area is 101 Å². The molecule has 0 saturated carbocycles. The molecular formula is C12H18N2O3. The fraction of sp³-hybridized carbons (Fsp3) is 0.417. The van der Waals surface area contributed by atoms with Gasteiger partial charge in [-0.3, -0.25) is 0 Å². The van der Waals surface area contributed by atoms with Gasteiger partial charge in [-0.2, -0.15) is 0 Å². The van der Waals surface area contributed by atoms with E-state index in [0.717, 1.165) is 0 Å². The number of aliphatic hydroxyl groups is 1. The van der Waals surface area contributed by atoms with Gasteiger partial charge in [0.1, 0.15) is 0 Å². The van der Waals surface area contributed by atoms with Crippen molar-refractivity contribution < 1.29 is 14.6 Å². The van der Waals surface area contributed by atoms with Gasteiger partial charge in [0.2, 0.25) is 0 Å². The number of likely N-dealkylation sites (N-methyl/N-ethyl adjacent to an activating group) is 1. The molecule has 0 fully saturated rings. The lowest BCUT2D eigenvalue weighted by molar-refractivity contribution is 0.0527. The molecule has 94 valence electrons. The van der Waals surface area contributed by atoms with Gasteiger partial charge in [-0.05, 0) is 19.1 Å². The maximum atomic E-state index is 11.8. The van der Waals surface area contributed by atoms with Gasteiger partial charge >= 0.3 is 5.97 Å². The number of esters is 1. The van der Waals surface area contributed by atoms with Gasteiger partial charge in [-0.25, -0.2) is 4.79 Å². The summed E-state index contributed by atoms with van der Waals surface area (Å²) in [7, 11) is 1.77. The van der Waals surface area contributed by atoms with E-state index in [-0.39, 0.29) is 6.61 Å². The highest BCUT2D eigenvalue weighted by atomic mass is 16.5. The van der Waals surface area contributed by atoms with Crippen LogP contribution in [0.5, 0.6) is 0 Å². The molecule has 0 aliphatic heterocycles. The number of carbonyl (C=O) groups excluding carboxylic acids is 1. The first kappa shape index (κ1) is 13.3. The Morgan fingerprint density at radius 2 is 2.24 bits per heavy atom. The number of hydrogen-bond acceptors (Lipinski definition) is 5. The molecule has 17 heavy (non-hydrogen) atoms. The minimum absolute atomic E-state index is 0.00685. The third kappa shape index (κ3) is 3.10. The van der Waals surface area contributed by atoms with E-state index < -0.39 is 5.97 Å². The van der Waals surface area contributed by atoms with Crippen molar-refractivity contribution in [1.82, 2.24) is 0 Å². The number of carbonyl (C=O) groups is 1. The van der Waals surface area contributed by atoms with Crippen LogP contribution in [0.2, 0.25) is 0 Å². The maximum Gasteiger partial charge on any atom is 0.340 e. The predicted molar refractivity (Wildman–Crippen MR) is 67.2 cm³/mol. The summed E-state index contributed by atoms with van der Waals surface area (Å²) < 4.78 is 4.97. The Bertz CT molecular complexity index is 393. The van der Waals surface area contributed by atoms with Crippen molar-refractivity contribution in [2.24, 2.45) is 0 Å². The van der Waals surface area contributed by atoms with E-state index in [4.69, 9.17) is 15.6 Å². The van der Waals surface area contributed by atoms with Crippen molar-refractivity contribution in [2.75, 3.05) is 37.4 Å². The molecule has 0 unspecified atom stereocenters. The van der Waals surface area contributed by atoms with Crippen LogP contribution in [-0.2, 0) is 4.74 Å². The number of para-hydroxylation sites is 1. The molecule has 0 bridgehead atoms. The molecule has 5 heteroatoms. The zero-order chi connectivity index (χ0) is 12.8. The predicted octanol–water partition coefficient (Wildman–Crippen LogP) is 0.874. The van der Waals surface area contributed by atoms with E-state index in [1.807, 2.05) is 0 Å². The Morgan fingerprint density at radius 3 is 2.82 bits per heavy atom. The zero-order valence-electron chi connectivity index (χ0n) is 10.1. The van der Waals surface area contributed by atoms with Gasteiger partial charge in [-0.1, -0.05) is 6.07 Å². The second-order valence-corrected chi connectivity index (χ2v) is 3.61. The zero-order valence-corrected chi connectivity index (χ0v) is 10.1. The van der Waals surface area contributed by atoms with Gasteiger partial charge in [0.15, 0.2) is 0 Å². The van der Waals surface area contributed by atoms with Gasteiger partial charge in [-0.15, -0.1) is 0 Å². The van der Waals surface area contributed by atoms with Crippen molar-refractivity contribution in [3.8, 4) is 0 Å². The smallest absolute Gasteiger partial charge is 0.340 e. The van der Waals surface area contributed by atoms with E-state index in [2.05, 4.69) is 0 Å². The SMILES string of the molecule is CCOC(=O)c1cccc(N)c1N(C)CCO. The first-order valence-corrected chi connectivity index (χ1v) is 5.49. The average Bonchev–Trinajstić information content (AvgIpc) is 2.29. The van der Waals surface area contributed by atoms with E-state index in [1.165, 1.54) is 0 Å². The molecule has 3 N–H and O–H groups in total. The summed E-state index contributed by atoms with van der Waals surface area (Å²) in [4.78, 5) is 13.5. The summed E-state index contributed by atoms with van der Waals surface area (Å²) in [5, 5.41) is 8.92. The number of ether oxygens (including phenoxy) is 1. The standard InChI is InChI=1S/C12H18N2O3/c1-3-17-12(16)9-5-4-6-10(13)11(9)14(2)7-8-15/h4-6,15H,3,7-8,13H2,1-2H3. The van der Waals surface area contributed by atoms with Gasteiger partial charge < -0.3 is 20.5 Å². The van der Waals surface area contributed by atoms with Crippen LogP contribution in [0.25, 0.3) is 0 Å². The summed E-state index contributed by atoms with van der Waals surface area (Å²) in [6, 6.07) is 5.08. The van der Waals surface area contributed by atoms with Crippen LogP contribution >= 0.6 is 0 Å². The van der Waals surface area contributed by atoms with Crippen LogP contribution < -0.4 is 10.6 Å². The number of benzene rings is 1. The summed E-state index contributed by atoms with van der Waals surface area (Å²) >= 11 is 0. The Balaban J connectivity index is 3.12. The number of nitrogens with two attached hydrogens (primary N) is 1. The summed E-state index contributed by atoms with van der Waals surface area (Å²) in [6.45, 7) is 2.46.